The van der Waals surface area contributed by atoms with Gasteiger partial charge >= 0.3 is 0 Å². The topological polar surface area (TPSA) is 62.2 Å². The van der Waals surface area contributed by atoms with Crippen molar-refractivity contribution in [2.45, 2.75) is 13.0 Å². The summed E-state index contributed by atoms with van der Waals surface area (Å²) >= 11 is 0. The molecule has 0 saturated carbocycles. The van der Waals surface area contributed by atoms with E-state index in [-0.39, 0.29) is 36.6 Å². The summed E-state index contributed by atoms with van der Waals surface area (Å²) in [4.78, 5) is 18.8. The minimum Gasteiger partial charge on any atom is -0.337 e. The number of halogens is 2. The van der Waals surface area contributed by atoms with Crippen LogP contribution >= 0.6 is 12.4 Å². The number of hydrogen-bond acceptors (Lipinski definition) is 4. The number of aryl methyl sites for hydroxylation is 2. The highest BCUT2D eigenvalue weighted by molar-refractivity contribution is 5.92. The largest absolute Gasteiger partial charge is 0.337 e. The smallest absolute Gasteiger partial charge is 0.238 e. The number of amides is 1. The van der Waals surface area contributed by atoms with Gasteiger partial charge in [0.05, 0.1) is 18.3 Å². The van der Waals surface area contributed by atoms with Crippen LogP contribution in [0.4, 0.5) is 10.1 Å². The molecule has 0 spiro atoms. The van der Waals surface area contributed by atoms with Crippen LogP contribution in [0.25, 0.3) is 0 Å². The van der Waals surface area contributed by atoms with E-state index in [4.69, 9.17) is 0 Å². The van der Waals surface area contributed by atoms with Crippen LogP contribution in [0.2, 0.25) is 0 Å². The van der Waals surface area contributed by atoms with Crippen molar-refractivity contribution in [2.24, 2.45) is 7.05 Å². The zero-order valence-electron chi connectivity index (χ0n) is 14.3. The molecule has 2 N–H and O–H groups in total. The van der Waals surface area contributed by atoms with E-state index in [1.807, 2.05) is 24.7 Å². The first-order chi connectivity index (χ1) is 11.5. The molecule has 136 valence electrons. The molecule has 2 heterocycles. The first-order valence-corrected chi connectivity index (χ1v) is 8.02. The van der Waals surface area contributed by atoms with Gasteiger partial charge < -0.3 is 15.2 Å². The minimum absolute atomic E-state index is 0. The Labute approximate surface area is 152 Å². The highest BCUT2D eigenvalue weighted by Crippen LogP contribution is 2.21. The Morgan fingerprint density at radius 2 is 2.28 bits per heavy atom. The number of anilines is 1. The molecule has 0 aliphatic carbocycles. The maximum Gasteiger partial charge on any atom is 0.238 e. The molecular weight excluding hydrogens is 345 g/mol. The van der Waals surface area contributed by atoms with E-state index in [2.05, 4.69) is 20.5 Å². The Hall–Kier alpha value is -1.96. The van der Waals surface area contributed by atoms with E-state index in [1.54, 1.807) is 18.3 Å². The van der Waals surface area contributed by atoms with Crippen molar-refractivity contribution in [1.82, 2.24) is 19.8 Å². The summed E-state index contributed by atoms with van der Waals surface area (Å²) in [6.07, 6.45) is 3.65. The number of carbonyl (C=O) groups excluding carboxylic acids is 1. The van der Waals surface area contributed by atoms with Crippen LogP contribution in [0.5, 0.6) is 0 Å². The molecule has 1 aliphatic rings. The first-order valence-electron chi connectivity index (χ1n) is 8.02. The number of rotatable bonds is 4. The summed E-state index contributed by atoms with van der Waals surface area (Å²) in [7, 11) is 1.94. The number of aromatic nitrogens is 2. The number of carbonyl (C=O) groups is 1. The second-order valence-corrected chi connectivity index (χ2v) is 6.12. The fraction of sp³-hybridized carbons (Fsp3) is 0.412. The van der Waals surface area contributed by atoms with Crippen LogP contribution in [0.3, 0.4) is 0 Å². The molecule has 25 heavy (non-hydrogen) atoms. The van der Waals surface area contributed by atoms with Gasteiger partial charge in [-0.2, -0.15) is 0 Å². The van der Waals surface area contributed by atoms with Gasteiger partial charge in [-0.05, 0) is 24.6 Å². The SMILES string of the molecule is Cc1ccc(NC(=O)CN2CCNCC2c2nccn2C)c(F)c1.Cl. The summed E-state index contributed by atoms with van der Waals surface area (Å²) in [6, 6.07) is 4.81. The summed E-state index contributed by atoms with van der Waals surface area (Å²) < 4.78 is 15.9. The maximum atomic E-state index is 13.9. The standard InChI is InChI=1S/C17H22FN5O.ClH/c1-12-3-4-14(13(18)9-12)21-16(24)11-23-8-5-19-10-15(23)17-20-6-7-22(17)2;/h3-4,6-7,9,15,19H,5,8,10-11H2,1-2H3,(H,21,24);1H. The molecule has 1 amide bonds. The van der Waals surface area contributed by atoms with Gasteiger partial charge in [-0.15, -0.1) is 12.4 Å². The van der Waals surface area contributed by atoms with Gasteiger partial charge in [0, 0.05) is 39.1 Å². The number of piperazine rings is 1. The van der Waals surface area contributed by atoms with Gasteiger partial charge in [0.15, 0.2) is 0 Å². The van der Waals surface area contributed by atoms with E-state index in [0.29, 0.717) is 0 Å². The second-order valence-electron chi connectivity index (χ2n) is 6.12. The monoisotopic (exact) mass is 367 g/mol. The lowest BCUT2D eigenvalue weighted by Gasteiger charge is -2.35. The lowest BCUT2D eigenvalue weighted by atomic mass is 10.1. The molecule has 3 rings (SSSR count). The van der Waals surface area contributed by atoms with Gasteiger partial charge in [0.25, 0.3) is 0 Å². The van der Waals surface area contributed by atoms with Crippen molar-refractivity contribution >= 4 is 24.0 Å². The number of nitrogens with zero attached hydrogens (tertiary/aromatic N) is 3. The third-order valence-corrected chi connectivity index (χ3v) is 4.26. The van der Waals surface area contributed by atoms with E-state index < -0.39 is 5.82 Å². The third-order valence-electron chi connectivity index (χ3n) is 4.26. The normalized spacial score (nSPS) is 17.8. The zero-order valence-corrected chi connectivity index (χ0v) is 15.1. The number of hydrogen-bond donors (Lipinski definition) is 2. The van der Waals surface area contributed by atoms with Gasteiger partial charge in [-0.3, -0.25) is 9.69 Å². The molecule has 0 radical (unpaired) electrons. The molecular formula is C17H23ClFN5O. The molecule has 0 bridgehead atoms. The highest BCUT2D eigenvalue weighted by Gasteiger charge is 2.28. The Kier molecular flexibility index (Phi) is 6.52. The van der Waals surface area contributed by atoms with Gasteiger partial charge in [-0.1, -0.05) is 6.07 Å². The van der Waals surface area contributed by atoms with Crippen molar-refractivity contribution in [2.75, 3.05) is 31.5 Å². The van der Waals surface area contributed by atoms with Crippen molar-refractivity contribution in [3.05, 3.63) is 47.8 Å². The van der Waals surface area contributed by atoms with Crippen molar-refractivity contribution in [3.63, 3.8) is 0 Å². The fourth-order valence-corrected chi connectivity index (χ4v) is 2.98. The van der Waals surface area contributed by atoms with E-state index >= 15 is 0 Å². The molecule has 1 aliphatic heterocycles. The van der Waals surface area contributed by atoms with Gasteiger partial charge in [0.1, 0.15) is 11.6 Å². The quantitative estimate of drug-likeness (QED) is 0.866. The number of benzene rings is 1. The average molecular weight is 368 g/mol. The molecule has 1 fully saturated rings. The molecule has 8 heteroatoms. The lowest BCUT2D eigenvalue weighted by Crippen LogP contribution is -2.49. The summed E-state index contributed by atoms with van der Waals surface area (Å²) in [5.74, 6) is 0.277. The highest BCUT2D eigenvalue weighted by atomic mass is 35.5. The van der Waals surface area contributed by atoms with Crippen LogP contribution in [-0.4, -0.2) is 46.5 Å². The Bertz CT molecular complexity index is 736. The zero-order chi connectivity index (χ0) is 17.1. The maximum absolute atomic E-state index is 13.9. The number of imidazole rings is 1. The van der Waals surface area contributed by atoms with Crippen molar-refractivity contribution in [1.29, 1.82) is 0 Å². The molecule has 2 aromatic rings. The molecule has 6 nitrogen and oxygen atoms in total. The van der Waals surface area contributed by atoms with Gasteiger partial charge in [-0.25, -0.2) is 9.37 Å². The summed E-state index contributed by atoms with van der Waals surface area (Å²) in [5, 5.41) is 5.99. The Morgan fingerprint density at radius 3 is 2.96 bits per heavy atom. The van der Waals surface area contributed by atoms with Crippen molar-refractivity contribution in [3.8, 4) is 0 Å². The van der Waals surface area contributed by atoms with Crippen LogP contribution < -0.4 is 10.6 Å². The summed E-state index contributed by atoms with van der Waals surface area (Å²) in [5.41, 5.74) is 1.04. The lowest BCUT2D eigenvalue weighted by molar-refractivity contribution is -0.118. The Morgan fingerprint density at radius 1 is 1.48 bits per heavy atom. The van der Waals surface area contributed by atoms with E-state index in [9.17, 15) is 9.18 Å². The van der Waals surface area contributed by atoms with Crippen LogP contribution in [0, 0.1) is 12.7 Å². The minimum atomic E-state index is -0.413. The molecule has 1 saturated heterocycles. The second kappa shape index (κ2) is 8.42. The van der Waals surface area contributed by atoms with Crippen LogP contribution in [-0.2, 0) is 11.8 Å². The average Bonchev–Trinajstić information content (AvgIpc) is 2.97. The Balaban J connectivity index is 0.00000225. The van der Waals surface area contributed by atoms with Crippen molar-refractivity contribution < 1.29 is 9.18 Å². The van der Waals surface area contributed by atoms with Crippen LogP contribution in [0.15, 0.2) is 30.6 Å². The fourth-order valence-electron chi connectivity index (χ4n) is 2.98. The van der Waals surface area contributed by atoms with Crippen LogP contribution in [0.1, 0.15) is 17.4 Å². The van der Waals surface area contributed by atoms with E-state index in [0.717, 1.165) is 31.0 Å². The summed E-state index contributed by atoms with van der Waals surface area (Å²) in [6.45, 7) is 4.30. The van der Waals surface area contributed by atoms with Gasteiger partial charge in [0.2, 0.25) is 5.91 Å². The molecule has 1 atom stereocenters. The number of nitrogens with one attached hydrogen (secondary N) is 2. The molecule has 1 aromatic carbocycles. The predicted octanol–water partition coefficient (Wildman–Crippen LogP) is 1.87. The van der Waals surface area contributed by atoms with E-state index in [1.165, 1.54) is 6.07 Å². The predicted molar refractivity (Wildman–Crippen MR) is 97.4 cm³/mol. The molecule has 1 aromatic heterocycles. The third kappa shape index (κ3) is 4.56. The molecule has 1 unspecified atom stereocenters. The first kappa shape index (κ1) is 19.4.